The summed E-state index contributed by atoms with van der Waals surface area (Å²) in [4.78, 5) is 12.3. The Morgan fingerprint density at radius 3 is 2.76 bits per heavy atom. The van der Waals surface area contributed by atoms with Crippen molar-refractivity contribution < 1.29 is 4.92 Å². The molecule has 1 aromatic heterocycles. The van der Waals surface area contributed by atoms with Gasteiger partial charge in [0.05, 0.1) is 4.92 Å². The molecule has 0 aliphatic rings. The van der Waals surface area contributed by atoms with E-state index in [9.17, 15) is 15.4 Å². The lowest BCUT2D eigenvalue weighted by atomic mass is 10.2. The predicted octanol–water partition coefficient (Wildman–Crippen LogP) is 1.69. The Hall–Kier alpha value is -3.08. The Labute approximate surface area is 121 Å². The molecule has 0 bridgehead atoms. The Morgan fingerprint density at radius 2 is 2.19 bits per heavy atom. The van der Waals surface area contributed by atoms with Gasteiger partial charge in [0.2, 0.25) is 0 Å². The van der Waals surface area contributed by atoms with Crippen molar-refractivity contribution in [1.29, 1.82) is 5.26 Å². The fourth-order valence-corrected chi connectivity index (χ4v) is 1.92. The van der Waals surface area contributed by atoms with E-state index in [1.54, 1.807) is 30.1 Å². The molecule has 0 radical (unpaired) electrons. The number of anilines is 2. The molecule has 0 unspecified atom stereocenters. The van der Waals surface area contributed by atoms with Gasteiger partial charge in [-0.05, 0) is 13.0 Å². The van der Waals surface area contributed by atoms with Crippen molar-refractivity contribution >= 4 is 17.3 Å². The summed E-state index contributed by atoms with van der Waals surface area (Å²) in [6.07, 6.45) is 0. The van der Waals surface area contributed by atoms with E-state index in [4.69, 9.17) is 5.73 Å². The van der Waals surface area contributed by atoms with Crippen LogP contribution < -0.4 is 10.6 Å². The van der Waals surface area contributed by atoms with Gasteiger partial charge in [-0.25, -0.2) is 4.68 Å². The first-order valence-corrected chi connectivity index (χ1v) is 6.24. The van der Waals surface area contributed by atoms with Crippen molar-refractivity contribution in [2.75, 3.05) is 24.2 Å². The maximum Gasteiger partial charge on any atom is 0.294 e. The maximum atomic E-state index is 11.1. The van der Waals surface area contributed by atoms with Gasteiger partial charge < -0.3 is 10.6 Å². The van der Waals surface area contributed by atoms with Crippen LogP contribution in [0.15, 0.2) is 24.3 Å². The van der Waals surface area contributed by atoms with Gasteiger partial charge in [-0.15, -0.1) is 5.10 Å². The molecule has 0 atom stereocenters. The molecule has 1 heterocycles. The summed E-state index contributed by atoms with van der Waals surface area (Å²) < 4.78 is 1.23. The van der Waals surface area contributed by atoms with Crippen LogP contribution in [0.1, 0.15) is 12.5 Å². The predicted molar refractivity (Wildman–Crippen MR) is 78.3 cm³/mol. The quantitative estimate of drug-likeness (QED) is 0.675. The van der Waals surface area contributed by atoms with E-state index < -0.39 is 4.92 Å². The summed E-state index contributed by atoms with van der Waals surface area (Å²) in [7, 11) is 1.77. The third-order valence-electron chi connectivity index (χ3n) is 3.16. The molecule has 8 heteroatoms. The average Bonchev–Trinajstić information content (AvgIpc) is 2.83. The number of nitriles is 1. The van der Waals surface area contributed by atoms with Crippen LogP contribution in [0.3, 0.4) is 0 Å². The molecule has 0 aliphatic heterocycles. The first-order valence-electron chi connectivity index (χ1n) is 6.24. The van der Waals surface area contributed by atoms with E-state index in [1.165, 1.54) is 10.7 Å². The van der Waals surface area contributed by atoms with E-state index in [0.29, 0.717) is 12.4 Å². The highest BCUT2D eigenvalue weighted by Crippen LogP contribution is 2.30. The number of nitro groups is 1. The molecule has 108 valence electrons. The van der Waals surface area contributed by atoms with Crippen molar-refractivity contribution in [3.63, 3.8) is 0 Å². The molecule has 0 aliphatic carbocycles. The number of para-hydroxylation sites is 2. The summed E-state index contributed by atoms with van der Waals surface area (Å²) in [6.45, 7) is 2.53. The molecule has 21 heavy (non-hydrogen) atoms. The van der Waals surface area contributed by atoms with Gasteiger partial charge in [0, 0.05) is 19.7 Å². The summed E-state index contributed by atoms with van der Waals surface area (Å²) in [5.41, 5.74) is 6.25. The fraction of sp³-hybridized carbons (Fsp3) is 0.231. The van der Waals surface area contributed by atoms with E-state index in [0.717, 1.165) is 0 Å². The van der Waals surface area contributed by atoms with Gasteiger partial charge in [0.25, 0.3) is 5.69 Å². The van der Waals surface area contributed by atoms with Crippen LogP contribution in [0.2, 0.25) is 0 Å². The lowest BCUT2D eigenvalue weighted by Gasteiger charge is -2.12. The summed E-state index contributed by atoms with van der Waals surface area (Å²) in [5.74, 6) is 0.484. The van der Waals surface area contributed by atoms with Crippen molar-refractivity contribution in [3.05, 3.63) is 39.9 Å². The Kier molecular flexibility index (Phi) is 3.75. The standard InChI is InChI=1S/C13H14N6O2/c1-3-17(2)13-9(8-14)12(15)18(16-13)10-6-4-5-7-11(10)19(20)21/h4-7H,3,15H2,1-2H3. The van der Waals surface area contributed by atoms with E-state index in [-0.39, 0.29) is 22.8 Å². The zero-order valence-corrected chi connectivity index (χ0v) is 11.6. The smallest absolute Gasteiger partial charge is 0.294 e. The highest BCUT2D eigenvalue weighted by atomic mass is 16.6. The van der Waals surface area contributed by atoms with Crippen LogP contribution in [0.4, 0.5) is 17.3 Å². The molecule has 0 fully saturated rings. The van der Waals surface area contributed by atoms with Gasteiger partial charge in [-0.2, -0.15) is 5.26 Å². The number of aromatic nitrogens is 2. The van der Waals surface area contributed by atoms with Crippen LogP contribution in [0.5, 0.6) is 0 Å². The second-order valence-electron chi connectivity index (χ2n) is 4.37. The van der Waals surface area contributed by atoms with E-state index in [2.05, 4.69) is 5.10 Å². The van der Waals surface area contributed by atoms with Gasteiger partial charge in [-0.3, -0.25) is 10.1 Å². The molecule has 0 saturated carbocycles. The Balaban J connectivity index is 2.69. The van der Waals surface area contributed by atoms with Crippen molar-refractivity contribution in [1.82, 2.24) is 9.78 Å². The number of rotatable bonds is 4. The zero-order chi connectivity index (χ0) is 15.6. The van der Waals surface area contributed by atoms with Gasteiger partial charge in [0.1, 0.15) is 23.1 Å². The van der Waals surface area contributed by atoms with Crippen LogP contribution in [-0.4, -0.2) is 28.3 Å². The average molecular weight is 286 g/mol. The number of nitrogen functional groups attached to an aromatic ring is 1. The van der Waals surface area contributed by atoms with Crippen LogP contribution >= 0.6 is 0 Å². The third-order valence-corrected chi connectivity index (χ3v) is 3.16. The first kappa shape index (κ1) is 14.3. The third kappa shape index (κ3) is 2.36. The van der Waals surface area contributed by atoms with Crippen LogP contribution in [-0.2, 0) is 0 Å². The highest BCUT2D eigenvalue weighted by Gasteiger charge is 2.23. The number of hydrogen-bond acceptors (Lipinski definition) is 6. The fourth-order valence-electron chi connectivity index (χ4n) is 1.92. The molecular weight excluding hydrogens is 272 g/mol. The molecule has 2 N–H and O–H groups in total. The second-order valence-corrected chi connectivity index (χ2v) is 4.37. The zero-order valence-electron chi connectivity index (χ0n) is 11.6. The molecule has 0 saturated heterocycles. The van der Waals surface area contributed by atoms with Gasteiger partial charge in [0.15, 0.2) is 5.82 Å². The number of hydrogen-bond donors (Lipinski definition) is 1. The summed E-state index contributed by atoms with van der Waals surface area (Å²) >= 11 is 0. The molecule has 2 aromatic rings. The van der Waals surface area contributed by atoms with Crippen molar-refractivity contribution in [3.8, 4) is 11.8 Å². The minimum Gasteiger partial charge on any atom is -0.382 e. The first-order chi connectivity index (χ1) is 10.0. The minimum absolute atomic E-state index is 0.0853. The summed E-state index contributed by atoms with van der Waals surface area (Å²) in [5, 5.41) is 24.6. The van der Waals surface area contributed by atoms with Crippen LogP contribution in [0.25, 0.3) is 5.69 Å². The second kappa shape index (κ2) is 5.50. The molecule has 0 spiro atoms. The maximum absolute atomic E-state index is 11.1. The minimum atomic E-state index is -0.508. The molecule has 0 amide bonds. The van der Waals surface area contributed by atoms with E-state index in [1.807, 2.05) is 13.0 Å². The SMILES string of the molecule is CCN(C)c1nn(-c2ccccc2[N+](=O)[O-])c(N)c1C#N. The monoisotopic (exact) mass is 286 g/mol. The molecule has 1 aromatic carbocycles. The number of benzene rings is 1. The topological polar surface area (TPSA) is 114 Å². The van der Waals surface area contributed by atoms with Gasteiger partial charge in [-0.1, -0.05) is 12.1 Å². The van der Waals surface area contributed by atoms with E-state index >= 15 is 0 Å². The Bertz CT molecular complexity index is 731. The molecular formula is C13H14N6O2. The van der Waals surface area contributed by atoms with Crippen molar-refractivity contribution in [2.45, 2.75) is 6.92 Å². The molecule has 2 rings (SSSR count). The lowest BCUT2D eigenvalue weighted by molar-refractivity contribution is -0.384. The van der Waals surface area contributed by atoms with Crippen molar-refractivity contribution in [2.24, 2.45) is 0 Å². The highest BCUT2D eigenvalue weighted by molar-refractivity contribution is 5.68. The number of nitrogens with two attached hydrogens (primary N) is 1. The largest absolute Gasteiger partial charge is 0.382 e. The number of nitro benzene ring substituents is 1. The van der Waals surface area contributed by atoms with Gasteiger partial charge >= 0.3 is 0 Å². The Morgan fingerprint density at radius 1 is 1.52 bits per heavy atom. The lowest BCUT2D eigenvalue weighted by Crippen LogP contribution is -2.17. The number of nitrogens with zero attached hydrogens (tertiary/aromatic N) is 5. The van der Waals surface area contributed by atoms with Crippen LogP contribution in [0, 0.1) is 21.4 Å². The molecule has 8 nitrogen and oxygen atoms in total. The normalized spacial score (nSPS) is 10.1. The summed E-state index contributed by atoms with van der Waals surface area (Å²) in [6, 6.07) is 8.12.